The highest BCUT2D eigenvalue weighted by molar-refractivity contribution is 5.83. The third kappa shape index (κ3) is 7.98. The third-order valence-corrected chi connectivity index (χ3v) is 3.66. The monoisotopic (exact) mass is 395 g/mol. The average molecular weight is 395 g/mol. The van der Waals surface area contributed by atoms with Gasteiger partial charge in [-0.1, -0.05) is 24.3 Å². The lowest BCUT2D eigenvalue weighted by atomic mass is 10.1. The van der Waals surface area contributed by atoms with Crippen molar-refractivity contribution in [2.75, 3.05) is 13.1 Å². The fourth-order valence-corrected chi connectivity index (χ4v) is 2.25. The highest BCUT2D eigenvalue weighted by Crippen LogP contribution is 2.14. The van der Waals surface area contributed by atoms with Crippen molar-refractivity contribution in [1.29, 1.82) is 0 Å². The number of hydrogen-bond acceptors (Lipinski definition) is 3. The SMILES string of the molecule is O=C(CNC(=O)NCc1ccc(F)cc1)NCCc1ccc(OC(F)F)cc1. The largest absolute Gasteiger partial charge is 0.435 e. The van der Waals surface area contributed by atoms with Crippen molar-refractivity contribution >= 4 is 11.9 Å². The zero-order chi connectivity index (χ0) is 20.4. The number of carbonyl (C=O) groups is 2. The van der Waals surface area contributed by atoms with E-state index in [2.05, 4.69) is 20.7 Å². The molecule has 3 amide bonds. The molecular weight excluding hydrogens is 375 g/mol. The number of amides is 3. The minimum atomic E-state index is -2.87. The van der Waals surface area contributed by atoms with E-state index in [-0.39, 0.29) is 30.6 Å². The molecule has 2 rings (SSSR count). The van der Waals surface area contributed by atoms with Gasteiger partial charge in [0.05, 0.1) is 6.54 Å². The van der Waals surface area contributed by atoms with Gasteiger partial charge >= 0.3 is 12.6 Å². The maximum absolute atomic E-state index is 12.8. The first-order valence-electron chi connectivity index (χ1n) is 8.49. The molecule has 0 aliphatic heterocycles. The lowest BCUT2D eigenvalue weighted by molar-refractivity contribution is -0.120. The van der Waals surface area contributed by atoms with E-state index < -0.39 is 12.6 Å². The molecule has 0 unspecified atom stereocenters. The van der Waals surface area contributed by atoms with Crippen LogP contribution in [0, 0.1) is 5.82 Å². The van der Waals surface area contributed by atoms with E-state index >= 15 is 0 Å². The van der Waals surface area contributed by atoms with E-state index in [1.807, 2.05) is 0 Å². The molecule has 6 nitrogen and oxygen atoms in total. The van der Waals surface area contributed by atoms with E-state index in [0.29, 0.717) is 13.0 Å². The number of benzene rings is 2. The fourth-order valence-electron chi connectivity index (χ4n) is 2.25. The van der Waals surface area contributed by atoms with Crippen LogP contribution in [0.2, 0.25) is 0 Å². The minimum Gasteiger partial charge on any atom is -0.435 e. The van der Waals surface area contributed by atoms with Crippen molar-refractivity contribution in [2.45, 2.75) is 19.6 Å². The lowest BCUT2D eigenvalue weighted by Crippen LogP contribution is -2.42. The number of carbonyl (C=O) groups excluding carboxylic acids is 2. The van der Waals surface area contributed by atoms with Gasteiger partial charge in [-0.05, 0) is 41.8 Å². The molecule has 0 saturated carbocycles. The maximum Gasteiger partial charge on any atom is 0.387 e. The van der Waals surface area contributed by atoms with Gasteiger partial charge in [-0.15, -0.1) is 0 Å². The molecule has 0 aromatic heterocycles. The Kier molecular flexibility index (Phi) is 8.13. The van der Waals surface area contributed by atoms with Gasteiger partial charge in [-0.2, -0.15) is 8.78 Å². The van der Waals surface area contributed by atoms with Gasteiger partial charge in [0.25, 0.3) is 0 Å². The second-order valence-corrected chi connectivity index (χ2v) is 5.79. The Hall–Kier alpha value is -3.23. The predicted octanol–water partition coefficient (Wildman–Crippen LogP) is 2.59. The Labute approximate surface area is 160 Å². The predicted molar refractivity (Wildman–Crippen MR) is 96.4 cm³/mol. The summed E-state index contributed by atoms with van der Waals surface area (Å²) in [7, 11) is 0. The van der Waals surface area contributed by atoms with Crippen LogP contribution in [0.5, 0.6) is 5.75 Å². The lowest BCUT2D eigenvalue weighted by Gasteiger charge is -2.09. The first-order chi connectivity index (χ1) is 13.4. The highest BCUT2D eigenvalue weighted by Gasteiger charge is 2.06. The summed E-state index contributed by atoms with van der Waals surface area (Å²) in [5.74, 6) is -0.657. The van der Waals surface area contributed by atoms with Gasteiger partial charge in [0.2, 0.25) is 5.91 Å². The molecule has 0 heterocycles. The van der Waals surface area contributed by atoms with Crippen LogP contribution in [0.4, 0.5) is 18.0 Å². The van der Waals surface area contributed by atoms with Crippen molar-refractivity contribution in [2.24, 2.45) is 0 Å². The summed E-state index contributed by atoms with van der Waals surface area (Å²) in [6.45, 7) is -2.53. The van der Waals surface area contributed by atoms with Crippen LogP contribution < -0.4 is 20.7 Å². The minimum absolute atomic E-state index is 0.0682. The molecule has 0 atom stereocenters. The molecule has 0 bridgehead atoms. The van der Waals surface area contributed by atoms with Gasteiger partial charge < -0.3 is 20.7 Å². The maximum atomic E-state index is 12.8. The number of ether oxygens (including phenoxy) is 1. The summed E-state index contributed by atoms with van der Waals surface area (Å²) in [5, 5.41) is 7.61. The molecule has 0 radical (unpaired) electrons. The van der Waals surface area contributed by atoms with Crippen molar-refractivity contribution in [1.82, 2.24) is 16.0 Å². The molecule has 2 aromatic rings. The van der Waals surface area contributed by atoms with E-state index in [9.17, 15) is 22.8 Å². The van der Waals surface area contributed by atoms with Gasteiger partial charge in [0, 0.05) is 13.1 Å². The van der Waals surface area contributed by atoms with Crippen molar-refractivity contribution in [3.63, 3.8) is 0 Å². The van der Waals surface area contributed by atoms with Crippen LogP contribution in [0.3, 0.4) is 0 Å². The molecule has 0 aliphatic carbocycles. The van der Waals surface area contributed by atoms with Crippen LogP contribution in [-0.4, -0.2) is 31.6 Å². The van der Waals surface area contributed by atoms with E-state index in [1.54, 1.807) is 24.3 Å². The topological polar surface area (TPSA) is 79.5 Å². The molecule has 150 valence electrons. The number of rotatable bonds is 9. The van der Waals surface area contributed by atoms with E-state index in [1.165, 1.54) is 24.3 Å². The average Bonchev–Trinajstić information content (AvgIpc) is 2.67. The van der Waals surface area contributed by atoms with E-state index in [0.717, 1.165) is 11.1 Å². The second kappa shape index (κ2) is 10.8. The Morgan fingerprint density at radius 2 is 1.54 bits per heavy atom. The standard InChI is InChI=1S/C19H20F3N3O3/c20-15-5-1-14(2-6-15)11-24-19(27)25-12-17(26)23-10-9-13-3-7-16(8-4-13)28-18(21)22/h1-8,18H,9-12H2,(H,23,26)(H2,24,25,27). The number of halogens is 3. The Balaban J connectivity index is 1.60. The summed E-state index contributed by atoms with van der Waals surface area (Å²) < 4.78 is 41.2. The molecule has 9 heteroatoms. The first kappa shape index (κ1) is 21.1. The highest BCUT2D eigenvalue weighted by atomic mass is 19.3. The zero-order valence-electron chi connectivity index (χ0n) is 14.9. The molecule has 2 aromatic carbocycles. The summed E-state index contributed by atoms with van der Waals surface area (Å²) in [5.41, 5.74) is 1.57. The zero-order valence-corrected chi connectivity index (χ0v) is 14.9. The van der Waals surface area contributed by atoms with Gasteiger partial charge in [0.15, 0.2) is 0 Å². The number of hydrogen-bond donors (Lipinski definition) is 3. The Morgan fingerprint density at radius 1 is 0.893 bits per heavy atom. The molecule has 0 saturated heterocycles. The normalized spacial score (nSPS) is 10.4. The molecule has 28 heavy (non-hydrogen) atoms. The molecule has 0 aliphatic rings. The summed E-state index contributed by atoms with van der Waals surface area (Å²) in [6, 6.07) is 11.3. The second-order valence-electron chi connectivity index (χ2n) is 5.79. The third-order valence-electron chi connectivity index (χ3n) is 3.66. The van der Waals surface area contributed by atoms with Crippen molar-refractivity contribution in [3.05, 3.63) is 65.5 Å². The van der Waals surface area contributed by atoms with Crippen LogP contribution >= 0.6 is 0 Å². The van der Waals surface area contributed by atoms with Gasteiger partial charge in [0.1, 0.15) is 11.6 Å². The smallest absolute Gasteiger partial charge is 0.387 e. The van der Waals surface area contributed by atoms with Crippen LogP contribution in [-0.2, 0) is 17.8 Å². The van der Waals surface area contributed by atoms with Gasteiger partial charge in [-0.25, -0.2) is 9.18 Å². The van der Waals surface area contributed by atoms with Gasteiger partial charge in [-0.3, -0.25) is 4.79 Å². The molecule has 0 spiro atoms. The van der Waals surface area contributed by atoms with E-state index in [4.69, 9.17) is 0 Å². The first-order valence-corrected chi connectivity index (χ1v) is 8.49. The number of alkyl halides is 2. The van der Waals surface area contributed by atoms with Crippen LogP contribution in [0.25, 0.3) is 0 Å². The number of nitrogens with one attached hydrogen (secondary N) is 3. The molecule has 3 N–H and O–H groups in total. The van der Waals surface area contributed by atoms with Crippen molar-refractivity contribution < 1.29 is 27.5 Å². The molecular formula is C19H20F3N3O3. The Bertz CT molecular complexity index is 768. The molecule has 0 fully saturated rings. The summed E-state index contributed by atoms with van der Waals surface area (Å²) in [4.78, 5) is 23.4. The summed E-state index contributed by atoms with van der Waals surface area (Å²) >= 11 is 0. The Morgan fingerprint density at radius 3 is 2.18 bits per heavy atom. The number of urea groups is 1. The van der Waals surface area contributed by atoms with Crippen molar-refractivity contribution in [3.8, 4) is 5.75 Å². The fraction of sp³-hybridized carbons (Fsp3) is 0.263. The van der Waals surface area contributed by atoms with Crippen LogP contribution in [0.15, 0.2) is 48.5 Å². The van der Waals surface area contributed by atoms with Crippen LogP contribution in [0.1, 0.15) is 11.1 Å². The summed E-state index contributed by atoms with van der Waals surface area (Å²) in [6.07, 6.45) is 0.497. The quantitative estimate of drug-likeness (QED) is 0.611.